The number of hydrogen-bond acceptors (Lipinski definition) is 5. The lowest BCUT2D eigenvalue weighted by Crippen LogP contribution is -2.28. The van der Waals surface area contributed by atoms with E-state index in [4.69, 9.17) is 26.0 Å². The minimum absolute atomic E-state index is 0.0299. The Morgan fingerprint density at radius 1 is 1.09 bits per heavy atom. The molecule has 2 atom stereocenters. The molecule has 3 aromatic rings. The number of fused-ring (bicyclic) bond motifs is 1. The van der Waals surface area contributed by atoms with E-state index in [9.17, 15) is 4.79 Å². The summed E-state index contributed by atoms with van der Waals surface area (Å²) in [5.41, 5.74) is 8.21. The Bertz CT molecular complexity index is 1240. The maximum absolute atomic E-state index is 12.9. The smallest absolute Gasteiger partial charge is 0.313 e. The second kappa shape index (κ2) is 10.6. The van der Waals surface area contributed by atoms with Gasteiger partial charge in [0, 0.05) is 18.5 Å². The third-order valence-electron chi connectivity index (χ3n) is 6.43. The van der Waals surface area contributed by atoms with Crippen molar-refractivity contribution in [1.82, 2.24) is 4.90 Å². The van der Waals surface area contributed by atoms with Crippen molar-refractivity contribution in [2.45, 2.75) is 38.7 Å². The molecule has 0 aromatic heterocycles. The number of benzene rings is 3. The average molecular weight is 473 g/mol. The van der Waals surface area contributed by atoms with Crippen LogP contribution < -0.4 is 10.5 Å². The molecule has 0 amide bonds. The Morgan fingerprint density at radius 2 is 1.83 bits per heavy atom. The summed E-state index contributed by atoms with van der Waals surface area (Å²) in [6.07, 6.45) is 1.44. The van der Waals surface area contributed by atoms with Gasteiger partial charge in [-0.2, -0.15) is 0 Å². The molecule has 7 nitrogen and oxygen atoms in total. The Kier molecular flexibility index (Phi) is 7.34. The fourth-order valence-electron chi connectivity index (χ4n) is 4.51. The molecule has 1 saturated heterocycles. The van der Waals surface area contributed by atoms with Gasteiger partial charge in [-0.1, -0.05) is 42.5 Å². The highest BCUT2D eigenvalue weighted by Gasteiger charge is 2.25. The first-order chi connectivity index (χ1) is 16.8. The molecule has 4 N–H and O–H groups in total. The molecule has 2 unspecified atom stereocenters. The van der Waals surface area contributed by atoms with E-state index in [0.29, 0.717) is 24.4 Å². The Balaban J connectivity index is 1.53. The fraction of sp³-hybridized carbons (Fsp3) is 0.321. The van der Waals surface area contributed by atoms with E-state index in [1.165, 1.54) is 0 Å². The molecule has 0 bridgehead atoms. The van der Waals surface area contributed by atoms with Crippen molar-refractivity contribution in [3.05, 3.63) is 77.4 Å². The van der Waals surface area contributed by atoms with Gasteiger partial charge in [-0.3, -0.25) is 15.6 Å². The molecule has 1 heterocycles. The summed E-state index contributed by atoms with van der Waals surface area (Å²) in [4.78, 5) is 14.9. The number of nitrogens with zero attached hydrogens (tertiary/aromatic N) is 1. The quantitative estimate of drug-likeness (QED) is 0.254. The van der Waals surface area contributed by atoms with Gasteiger partial charge in [0.25, 0.3) is 0 Å². The van der Waals surface area contributed by atoms with Crippen LogP contribution in [0.4, 0.5) is 0 Å². The first kappa shape index (κ1) is 24.3. The first-order valence-corrected chi connectivity index (χ1v) is 11.9. The summed E-state index contributed by atoms with van der Waals surface area (Å²) in [6, 6.07) is 19.4. The lowest BCUT2D eigenvalue weighted by molar-refractivity contribution is -0.144. The zero-order valence-corrected chi connectivity index (χ0v) is 20.2. The third-order valence-corrected chi connectivity index (χ3v) is 6.43. The van der Waals surface area contributed by atoms with E-state index in [1.807, 2.05) is 72.5 Å². The van der Waals surface area contributed by atoms with Gasteiger partial charge in [0.1, 0.15) is 17.7 Å². The van der Waals surface area contributed by atoms with Crippen LogP contribution in [-0.2, 0) is 16.0 Å². The lowest BCUT2D eigenvalue weighted by Gasteiger charge is -2.19. The molecule has 0 radical (unpaired) electrons. The van der Waals surface area contributed by atoms with E-state index in [2.05, 4.69) is 0 Å². The molecular weight excluding hydrogens is 440 g/mol. The third kappa shape index (κ3) is 5.80. The molecule has 1 aliphatic rings. The molecule has 0 spiro atoms. The highest BCUT2D eigenvalue weighted by atomic mass is 16.5. The van der Waals surface area contributed by atoms with Crippen molar-refractivity contribution >= 4 is 28.4 Å². The molecule has 182 valence electrons. The highest BCUT2D eigenvalue weighted by Crippen LogP contribution is 2.28. The van der Waals surface area contributed by atoms with E-state index in [0.717, 1.165) is 47.2 Å². The SMILES string of the molecule is CCOC(=O)C(Cc1ccc2ccc(C(=N)N)cc2c1)c1ccc(OC2CCN(C(C)=N)C2)cc1. The van der Waals surface area contributed by atoms with Crippen molar-refractivity contribution in [3.63, 3.8) is 0 Å². The van der Waals surface area contributed by atoms with Crippen molar-refractivity contribution in [3.8, 4) is 5.75 Å². The highest BCUT2D eigenvalue weighted by molar-refractivity contribution is 5.99. The summed E-state index contributed by atoms with van der Waals surface area (Å²) in [6.45, 7) is 5.48. The van der Waals surface area contributed by atoms with E-state index in [-0.39, 0.29) is 17.9 Å². The second-order valence-corrected chi connectivity index (χ2v) is 8.95. The van der Waals surface area contributed by atoms with Gasteiger partial charge >= 0.3 is 5.97 Å². The number of hydrogen-bond donors (Lipinski definition) is 3. The van der Waals surface area contributed by atoms with Gasteiger partial charge in [-0.05, 0) is 60.4 Å². The number of ether oxygens (including phenoxy) is 2. The predicted octanol–water partition coefficient (Wildman–Crippen LogP) is 4.46. The number of carbonyl (C=O) groups excluding carboxylic acids is 1. The molecule has 3 aromatic carbocycles. The number of esters is 1. The molecule has 0 saturated carbocycles. The summed E-state index contributed by atoms with van der Waals surface area (Å²) < 4.78 is 11.5. The molecule has 1 fully saturated rings. The van der Waals surface area contributed by atoms with Crippen LogP contribution in [0.1, 0.15) is 42.9 Å². The largest absolute Gasteiger partial charge is 0.489 e. The monoisotopic (exact) mass is 472 g/mol. The predicted molar refractivity (Wildman–Crippen MR) is 138 cm³/mol. The number of carbonyl (C=O) groups is 1. The van der Waals surface area contributed by atoms with Gasteiger partial charge in [-0.25, -0.2) is 0 Å². The minimum Gasteiger partial charge on any atom is -0.489 e. The summed E-state index contributed by atoms with van der Waals surface area (Å²) >= 11 is 0. The number of amidine groups is 2. The van der Waals surface area contributed by atoms with Crippen LogP contribution >= 0.6 is 0 Å². The molecule has 1 aliphatic heterocycles. The summed E-state index contributed by atoms with van der Waals surface area (Å²) in [5, 5.41) is 17.5. The number of nitrogen functional groups attached to an aromatic ring is 1. The minimum atomic E-state index is -0.444. The number of nitrogens with two attached hydrogens (primary N) is 1. The maximum atomic E-state index is 12.9. The standard InChI is InChI=1S/C28H32N4O3/c1-3-34-28(33)26(15-19-4-5-20-6-7-22(27(30)31)16-23(20)14-19)21-8-10-24(11-9-21)35-25-12-13-32(17-25)18(2)29/h4-11,14,16,25-26,29H,3,12-13,15,17H2,1-2H3,(H3,30,31). The van der Waals surface area contributed by atoms with Crippen LogP contribution in [0.2, 0.25) is 0 Å². The zero-order valence-electron chi connectivity index (χ0n) is 20.2. The fourth-order valence-corrected chi connectivity index (χ4v) is 4.51. The van der Waals surface area contributed by atoms with Gasteiger partial charge in [-0.15, -0.1) is 0 Å². The zero-order chi connectivity index (χ0) is 24.9. The van der Waals surface area contributed by atoms with Gasteiger partial charge in [0.05, 0.1) is 24.9 Å². The van der Waals surface area contributed by atoms with E-state index < -0.39 is 5.92 Å². The molecule has 0 aliphatic carbocycles. The Hall–Kier alpha value is -3.87. The Labute approximate surface area is 205 Å². The van der Waals surface area contributed by atoms with Gasteiger partial charge in [0.2, 0.25) is 0 Å². The number of rotatable bonds is 8. The summed E-state index contributed by atoms with van der Waals surface area (Å²) in [7, 11) is 0. The van der Waals surface area contributed by atoms with Crippen LogP contribution in [0.25, 0.3) is 10.8 Å². The second-order valence-electron chi connectivity index (χ2n) is 8.95. The van der Waals surface area contributed by atoms with Crippen LogP contribution in [0.5, 0.6) is 5.75 Å². The van der Waals surface area contributed by atoms with Crippen LogP contribution in [0, 0.1) is 10.8 Å². The van der Waals surface area contributed by atoms with Crippen molar-refractivity contribution < 1.29 is 14.3 Å². The van der Waals surface area contributed by atoms with Crippen LogP contribution in [-0.4, -0.2) is 48.3 Å². The molecular formula is C28H32N4O3. The van der Waals surface area contributed by atoms with Gasteiger partial charge in [0.15, 0.2) is 0 Å². The first-order valence-electron chi connectivity index (χ1n) is 11.9. The molecule has 7 heteroatoms. The normalized spacial score (nSPS) is 16.2. The average Bonchev–Trinajstić information content (AvgIpc) is 3.31. The van der Waals surface area contributed by atoms with Crippen LogP contribution in [0.3, 0.4) is 0 Å². The molecule has 35 heavy (non-hydrogen) atoms. The van der Waals surface area contributed by atoms with E-state index >= 15 is 0 Å². The maximum Gasteiger partial charge on any atom is 0.313 e. The topological polar surface area (TPSA) is 112 Å². The van der Waals surface area contributed by atoms with E-state index in [1.54, 1.807) is 6.92 Å². The van der Waals surface area contributed by atoms with Crippen molar-refractivity contribution in [2.75, 3.05) is 19.7 Å². The van der Waals surface area contributed by atoms with Crippen molar-refractivity contribution in [2.24, 2.45) is 5.73 Å². The number of nitrogens with one attached hydrogen (secondary N) is 2. The molecule has 4 rings (SSSR count). The Morgan fingerprint density at radius 3 is 2.49 bits per heavy atom. The lowest BCUT2D eigenvalue weighted by atomic mass is 9.91. The van der Waals surface area contributed by atoms with Gasteiger partial charge < -0.3 is 20.1 Å². The van der Waals surface area contributed by atoms with Crippen molar-refractivity contribution in [1.29, 1.82) is 10.8 Å². The van der Waals surface area contributed by atoms with Crippen LogP contribution in [0.15, 0.2) is 60.7 Å². The number of likely N-dealkylation sites (tertiary alicyclic amines) is 1. The summed E-state index contributed by atoms with van der Waals surface area (Å²) in [5.74, 6) is 0.650.